The molecule has 0 heterocycles. The van der Waals surface area contributed by atoms with Crippen LogP contribution in [-0.2, 0) is 9.53 Å². The molecule has 0 bridgehead atoms. The van der Waals surface area contributed by atoms with E-state index in [0.717, 1.165) is 0 Å². The lowest BCUT2D eigenvalue weighted by Crippen LogP contribution is -2.21. The average molecular weight is 367 g/mol. The number of benzene rings is 2. The van der Waals surface area contributed by atoms with Crippen molar-refractivity contribution in [2.45, 2.75) is 6.92 Å². The van der Waals surface area contributed by atoms with Gasteiger partial charge < -0.3 is 20.5 Å². The van der Waals surface area contributed by atoms with Crippen LogP contribution < -0.4 is 15.8 Å². The number of amides is 1. The number of nitrogens with two attached hydrogens (primary N) is 1. The Morgan fingerprint density at radius 3 is 2.64 bits per heavy atom. The first-order valence-corrected chi connectivity index (χ1v) is 7.55. The number of methoxy groups -OCH3 is 1. The Kier molecular flexibility index (Phi) is 5.82. The van der Waals surface area contributed by atoms with Crippen LogP contribution in [0.5, 0.6) is 5.75 Å². The van der Waals surface area contributed by atoms with Gasteiger partial charge in [-0.15, -0.1) is 0 Å². The number of rotatable bonds is 5. The zero-order chi connectivity index (χ0) is 18.6. The van der Waals surface area contributed by atoms with Crippen molar-refractivity contribution in [3.8, 4) is 5.75 Å². The van der Waals surface area contributed by atoms with Gasteiger partial charge in [0.25, 0.3) is 5.91 Å². The van der Waals surface area contributed by atoms with Crippen LogP contribution in [0.25, 0.3) is 0 Å². The van der Waals surface area contributed by atoms with Gasteiger partial charge in [-0.2, -0.15) is 0 Å². The van der Waals surface area contributed by atoms with E-state index >= 15 is 0 Å². The van der Waals surface area contributed by atoms with Crippen molar-refractivity contribution in [1.29, 1.82) is 0 Å². The molecular weight excluding hydrogens is 351 g/mol. The lowest BCUT2D eigenvalue weighted by atomic mass is 10.2. The second-order valence-corrected chi connectivity index (χ2v) is 5.57. The van der Waals surface area contributed by atoms with Crippen LogP contribution in [-0.4, -0.2) is 25.6 Å². The molecule has 0 aliphatic rings. The summed E-state index contributed by atoms with van der Waals surface area (Å²) in [5.74, 6) is -1.69. The Morgan fingerprint density at radius 1 is 1.28 bits per heavy atom. The van der Waals surface area contributed by atoms with Gasteiger partial charge in [-0.25, -0.2) is 9.18 Å². The zero-order valence-electron chi connectivity index (χ0n) is 13.6. The fourth-order valence-corrected chi connectivity index (χ4v) is 2.14. The molecule has 6 nitrogen and oxygen atoms in total. The molecule has 0 aromatic heterocycles. The summed E-state index contributed by atoms with van der Waals surface area (Å²) in [6.07, 6.45) is 0. The monoisotopic (exact) mass is 366 g/mol. The van der Waals surface area contributed by atoms with Gasteiger partial charge in [0.15, 0.2) is 6.61 Å². The summed E-state index contributed by atoms with van der Waals surface area (Å²) in [6.45, 7) is 1.05. The van der Waals surface area contributed by atoms with E-state index in [1.165, 1.54) is 31.4 Å². The van der Waals surface area contributed by atoms with Crippen molar-refractivity contribution in [1.82, 2.24) is 0 Å². The van der Waals surface area contributed by atoms with Crippen LogP contribution >= 0.6 is 11.6 Å². The molecule has 0 saturated carbocycles. The number of hydrogen-bond acceptors (Lipinski definition) is 5. The van der Waals surface area contributed by atoms with Crippen LogP contribution in [0.15, 0.2) is 30.3 Å². The molecule has 3 N–H and O–H groups in total. The molecular formula is C17H16ClFN2O4. The summed E-state index contributed by atoms with van der Waals surface area (Å²) in [6, 6.07) is 6.93. The number of aryl methyl sites for hydroxylation is 1. The number of nitrogen functional groups attached to an aromatic ring is 1. The van der Waals surface area contributed by atoms with E-state index in [0.29, 0.717) is 5.56 Å². The van der Waals surface area contributed by atoms with Crippen LogP contribution in [0.3, 0.4) is 0 Å². The molecule has 0 aliphatic carbocycles. The zero-order valence-corrected chi connectivity index (χ0v) is 14.3. The number of carbonyl (C=O) groups is 2. The topological polar surface area (TPSA) is 90.7 Å². The lowest BCUT2D eigenvalue weighted by Gasteiger charge is -2.11. The molecule has 8 heteroatoms. The molecule has 0 aliphatic heterocycles. The molecule has 2 aromatic carbocycles. The molecule has 25 heavy (non-hydrogen) atoms. The van der Waals surface area contributed by atoms with Crippen LogP contribution in [0, 0.1) is 12.7 Å². The molecule has 1 amide bonds. The second kappa shape index (κ2) is 7.85. The predicted octanol–water partition coefficient (Wildman–Crippen LogP) is 3.17. The van der Waals surface area contributed by atoms with Gasteiger partial charge in [-0.05, 0) is 30.7 Å². The van der Waals surface area contributed by atoms with E-state index < -0.39 is 24.3 Å². The minimum atomic E-state index is -0.802. The van der Waals surface area contributed by atoms with Gasteiger partial charge in [-0.3, -0.25) is 4.79 Å². The molecule has 2 rings (SSSR count). The molecule has 0 atom stereocenters. The highest BCUT2D eigenvalue weighted by atomic mass is 35.5. The first-order valence-electron chi connectivity index (χ1n) is 7.18. The minimum Gasteiger partial charge on any atom is -0.496 e. The Bertz CT molecular complexity index is 827. The summed E-state index contributed by atoms with van der Waals surface area (Å²) in [5.41, 5.74) is 6.64. The summed E-state index contributed by atoms with van der Waals surface area (Å²) >= 11 is 5.88. The fourth-order valence-electron chi connectivity index (χ4n) is 1.97. The largest absolute Gasteiger partial charge is 0.496 e. The first kappa shape index (κ1) is 18.5. The smallest absolute Gasteiger partial charge is 0.342 e. The predicted molar refractivity (Wildman–Crippen MR) is 92.5 cm³/mol. The quantitative estimate of drug-likeness (QED) is 0.626. The number of anilines is 2. The maximum atomic E-state index is 13.4. The number of carbonyl (C=O) groups excluding carboxylic acids is 2. The average Bonchev–Trinajstić information content (AvgIpc) is 2.58. The van der Waals surface area contributed by atoms with Crippen molar-refractivity contribution < 1.29 is 23.5 Å². The Balaban J connectivity index is 2.01. The summed E-state index contributed by atoms with van der Waals surface area (Å²) < 4.78 is 23.4. The molecule has 2 aromatic rings. The number of nitrogens with one attached hydrogen (secondary N) is 1. The Morgan fingerprint density at radius 2 is 2.00 bits per heavy atom. The van der Waals surface area contributed by atoms with Crippen molar-refractivity contribution >= 4 is 34.9 Å². The molecule has 0 saturated heterocycles. The third-order valence-electron chi connectivity index (χ3n) is 3.33. The van der Waals surface area contributed by atoms with Crippen molar-refractivity contribution in [2.24, 2.45) is 0 Å². The Labute approximate surface area is 148 Å². The van der Waals surface area contributed by atoms with E-state index in [1.54, 1.807) is 13.0 Å². The number of hydrogen-bond donors (Lipinski definition) is 2. The standard InChI is InChI=1S/C17H16ClFN2O4/c1-9-3-4-10(5-13(9)19)21-16(22)8-25-17(23)11-6-12(18)14(20)7-15(11)24-2/h3-7H,8,20H2,1-2H3,(H,21,22). The fraction of sp³-hybridized carbons (Fsp3) is 0.176. The molecule has 0 radical (unpaired) electrons. The normalized spacial score (nSPS) is 10.2. The number of esters is 1. The van der Waals surface area contributed by atoms with E-state index in [4.69, 9.17) is 26.8 Å². The molecule has 0 spiro atoms. The highest BCUT2D eigenvalue weighted by molar-refractivity contribution is 6.33. The van der Waals surface area contributed by atoms with Gasteiger partial charge >= 0.3 is 5.97 Å². The van der Waals surface area contributed by atoms with Crippen LogP contribution in [0.2, 0.25) is 5.02 Å². The lowest BCUT2D eigenvalue weighted by molar-refractivity contribution is -0.119. The second-order valence-electron chi connectivity index (χ2n) is 5.16. The summed E-state index contributed by atoms with van der Waals surface area (Å²) in [7, 11) is 1.36. The van der Waals surface area contributed by atoms with Crippen molar-refractivity contribution in [3.05, 3.63) is 52.3 Å². The molecule has 0 unspecified atom stereocenters. The maximum absolute atomic E-state index is 13.4. The summed E-state index contributed by atoms with van der Waals surface area (Å²) in [4.78, 5) is 23.9. The van der Waals surface area contributed by atoms with Crippen molar-refractivity contribution in [2.75, 3.05) is 24.8 Å². The maximum Gasteiger partial charge on any atom is 0.342 e. The molecule has 0 fully saturated rings. The van der Waals surface area contributed by atoms with Gasteiger partial charge in [0.2, 0.25) is 0 Å². The Hall–Kier alpha value is -2.80. The summed E-state index contributed by atoms with van der Waals surface area (Å²) in [5, 5.41) is 2.59. The number of halogens is 2. The highest BCUT2D eigenvalue weighted by Gasteiger charge is 2.18. The van der Waals surface area contributed by atoms with E-state index in [1.807, 2.05) is 0 Å². The van der Waals surface area contributed by atoms with Gasteiger partial charge in [-0.1, -0.05) is 17.7 Å². The van der Waals surface area contributed by atoms with E-state index in [9.17, 15) is 14.0 Å². The van der Waals surface area contributed by atoms with Crippen LogP contribution in [0.1, 0.15) is 15.9 Å². The third kappa shape index (κ3) is 4.60. The minimum absolute atomic E-state index is 0.0379. The SMILES string of the molecule is COc1cc(N)c(Cl)cc1C(=O)OCC(=O)Nc1ccc(C)c(F)c1. The molecule has 132 valence electrons. The van der Waals surface area contributed by atoms with Crippen LogP contribution in [0.4, 0.5) is 15.8 Å². The van der Waals surface area contributed by atoms with E-state index in [2.05, 4.69) is 5.32 Å². The number of ether oxygens (including phenoxy) is 2. The highest BCUT2D eigenvalue weighted by Crippen LogP contribution is 2.29. The van der Waals surface area contributed by atoms with Gasteiger partial charge in [0.1, 0.15) is 17.1 Å². The first-order chi connectivity index (χ1) is 11.8. The van der Waals surface area contributed by atoms with Gasteiger partial charge in [0, 0.05) is 11.8 Å². The third-order valence-corrected chi connectivity index (χ3v) is 3.66. The van der Waals surface area contributed by atoms with Gasteiger partial charge in [0.05, 0.1) is 17.8 Å². The van der Waals surface area contributed by atoms with E-state index in [-0.39, 0.29) is 27.7 Å². The van der Waals surface area contributed by atoms with Crippen molar-refractivity contribution in [3.63, 3.8) is 0 Å².